The summed E-state index contributed by atoms with van der Waals surface area (Å²) in [6, 6.07) is 0.178. The van der Waals surface area contributed by atoms with Gasteiger partial charge in [0.05, 0.1) is 21.6 Å². The number of halogens is 1. The maximum atomic E-state index is 9.53. The third-order valence-electron chi connectivity index (χ3n) is 1.71. The van der Waals surface area contributed by atoms with Crippen molar-refractivity contribution in [1.29, 1.82) is 0 Å². The molecule has 1 heterocycles. The predicted octanol–water partition coefficient (Wildman–Crippen LogP) is 2.33. The van der Waals surface area contributed by atoms with Crippen LogP contribution in [0.2, 0.25) is 0 Å². The number of hydrogen-bond acceptors (Lipinski definition) is 4. The molecule has 0 bridgehead atoms. The predicted molar refractivity (Wildman–Crippen MR) is 62.5 cm³/mol. The van der Waals surface area contributed by atoms with E-state index in [0.717, 1.165) is 8.79 Å². The molecule has 0 saturated carbocycles. The van der Waals surface area contributed by atoms with E-state index in [1.165, 1.54) is 0 Å². The Morgan fingerprint density at radius 3 is 2.79 bits per heavy atom. The topological polar surface area (TPSA) is 45.1 Å². The Morgan fingerprint density at radius 2 is 2.36 bits per heavy atom. The van der Waals surface area contributed by atoms with Gasteiger partial charge < -0.3 is 10.4 Å². The minimum atomic E-state index is -0.678. The number of aliphatic hydroxyl groups is 1. The van der Waals surface area contributed by atoms with Crippen molar-refractivity contribution in [3.05, 3.63) is 15.0 Å². The molecule has 1 aromatic heterocycles. The van der Waals surface area contributed by atoms with Gasteiger partial charge in [-0.1, -0.05) is 0 Å². The molecule has 0 amide bonds. The van der Waals surface area contributed by atoms with Gasteiger partial charge in [-0.3, -0.25) is 0 Å². The van der Waals surface area contributed by atoms with Crippen LogP contribution in [0.25, 0.3) is 0 Å². The Balaban J connectivity index is 2.47. The summed E-state index contributed by atoms with van der Waals surface area (Å²) >= 11 is 4.98. The average Bonchev–Trinajstić information content (AvgIpc) is 2.46. The molecule has 0 fully saturated rings. The van der Waals surface area contributed by atoms with Crippen molar-refractivity contribution in [2.75, 3.05) is 6.54 Å². The highest BCUT2D eigenvalue weighted by Crippen LogP contribution is 2.24. The normalized spacial score (nSPS) is 14.4. The lowest BCUT2D eigenvalue weighted by Crippen LogP contribution is -2.36. The van der Waals surface area contributed by atoms with E-state index < -0.39 is 5.60 Å². The first-order chi connectivity index (χ1) is 6.38. The van der Waals surface area contributed by atoms with Crippen molar-refractivity contribution >= 4 is 27.3 Å². The van der Waals surface area contributed by atoms with Crippen molar-refractivity contribution in [2.24, 2.45) is 0 Å². The summed E-state index contributed by atoms with van der Waals surface area (Å²) in [4.78, 5) is 4.24. The van der Waals surface area contributed by atoms with Crippen LogP contribution in [0.3, 0.4) is 0 Å². The first-order valence-electron chi connectivity index (χ1n) is 4.45. The number of hydrogen-bond donors (Lipinski definition) is 2. The number of thiazole rings is 1. The van der Waals surface area contributed by atoms with E-state index in [9.17, 15) is 5.11 Å². The maximum absolute atomic E-state index is 9.53. The molecule has 1 atom stereocenters. The molecule has 0 saturated heterocycles. The van der Waals surface area contributed by atoms with Crippen LogP contribution < -0.4 is 5.32 Å². The molecule has 0 spiro atoms. The van der Waals surface area contributed by atoms with Crippen LogP contribution in [-0.2, 0) is 0 Å². The summed E-state index contributed by atoms with van der Waals surface area (Å²) in [6.07, 6.45) is 1.79. The molecule has 1 rings (SSSR count). The summed E-state index contributed by atoms with van der Waals surface area (Å²) < 4.78 is 1.03. The standard InChI is InChI=1S/C9H15BrN2OS/c1-6(12-5-9(2,3)13)8-11-4-7(10)14-8/h4,6,12-13H,5H2,1-3H3. The summed E-state index contributed by atoms with van der Waals surface area (Å²) in [5, 5.41) is 13.8. The molecule has 1 aromatic rings. The van der Waals surface area contributed by atoms with Crippen LogP contribution in [-0.4, -0.2) is 22.2 Å². The molecule has 14 heavy (non-hydrogen) atoms. The second-order valence-corrected chi connectivity index (χ2v) is 6.36. The SMILES string of the molecule is CC(NCC(C)(C)O)c1ncc(Br)s1. The van der Waals surface area contributed by atoms with Crippen LogP contribution in [0.15, 0.2) is 9.98 Å². The third-order valence-corrected chi connectivity index (χ3v) is 3.37. The number of aromatic nitrogens is 1. The van der Waals surface area contributed by atoms with Gasteiger partial charge in [-0.25, -0.2) is 4.98 Å². The van der Waals surface area contributed by atoms with Gasteiger partial charge in [-0.2, -0.15) is 0 Å². The fourth-order valence-electron chi connectivity index (χ4n) is 0.957. The highest BCUT2D eigenvalue weighted by molar-refractivity contribution is 9.11. The molecular formula is C9H15BrN2OS. The van der Waals surface area contributed by atoms with Gasteiger partial charge in [-0.05, 0) is 36.7 Å². The van der Waals surface area contributed by atoms with Gasteiger partial charge in [0.1, 0.15) is 5.01 Å². The number of nitrogens with one attached hydrogen (secondary N) is 1. The van der Waals surface area contributed by atoms with Crippen molar-refractivity contribution in [3.8, 4) is 0 Å². The molecule has 0 aliphatic rings. The highest BCUT2D eigenvalue weighted by Gasteiger charge is 2.15. The minimum Gasteiger partial charge on any atom is -0.389 e. The molecule has 0 aromatic carbocycles. The number of nitrogens with zero attached hydrogens (tertiary/aromatic N) is 1. The van der Waals surface area contributed by atoms with E-state index in [0.29, 0.717) is 6.54 Å². The molecule has 80 valence electrons. The van der Waals surface area contributed by atoms with Crippen LogP contribution in [0.4, 0.5) is 0 Å². The van der Waals surface area contributed by atoms with Crippen molar-refractivity contribution in [3.63, 3.8) is 0 Å². The fourth-order valence-corrected chi connectivity index (χ4v) is 2.23. The van der Waals surface area contributed by atoms with Crippen LogP contribution in [0.1, 0.15) is 31.8 Å². The van der Waals surface area contributed by atoms with Crippen LogP contribution in [0.5, 0.6) is 0 Å². The first-order valence-corrected chi connectivity index (χ1v) is 6.06. The van der Waals surface area contributed by atoms with Gasteiger partial charge in [0, 0.05) is 6.54 Å². The lowest BCUT2D eigenvalue weighted by atomic mass is 10.1. The van der Waals surface area contributed by atoms with Crippen molar-refractivity contribution in [1.82, 2.24) is 10.3 Å². The number of rotatable bonds is 4. The minimum absolute atomic E-state index is 0.178. The lowest BCUT2D eigenvalue weighted by Gasteiger charge is -2.20. The van der Waals surface area contributed by atoms with Gasteiger partial charge in [-0.15, -0.1) is 11.3 Å². The smallest absolute Gasteiger partial charge is 0.110 e. The average molecular weight is 279 g/mol. The fraction of sp³-hybridized carbons (Fsp3) is 0.667. The Morgan fingerprint density at radius 1 is 1.71 bits per heavy atom. The first kappa shape index (κ1) is 12.1. The van der Waals surface area contributed by atoms with E-state index in [1.54, 1.807) is 31.4 Å². The molecule has 5 heteroatoms. The van der Waals surface area contributed by atoms with E-state index >= 15 is 0 Å². The third kappa shape index (κ3) is 4.04. The van der Waals surface area contributed by atoms with Crippen LogP contribution >= 0.6 is 27.3 Å². The van der Waals surface area contributed by atoms with Crippen molar-refractivity contribution in [2.45, 2.75) is 32.4 Å². The molecule has 0 aliphatic carbocycles. The Labute approximate surface area is 96.7 Å². The quantitative estimate of drug-likeness (QED) is 0.889. The molecule has 0 aliphatic heterocycles. The second-order valence-electron chi connectivity index (χ2n) is 3.92. The van der Waals surface area contributed by atoms with Crippen LogP contribution in [0, 0.1) is 0 Å². The Hall–Kier alpha value is 0.0300. The molecule has 3 nitrogen and oxygen atoms in total. The maximum Gasteiger partial charge on any atom is 0.110 e. The summed E-state index contributed by atoms with van der Waals surface area (Å²) in [5.74, 6) is 0. The van der Waals surface area contributed by atoms with E-state index in [-0.39, 0.29) is 6.04 Å². The second kappa shape index (κ2) is 4.70. The monoisotopic (exact) mass is 278 g/mol. The molecule has 1 unspecified atom stereocenters. The van der Waals surface area contributed by atoms with Gasteiger partial charge >= 0.3 is 0 Å². The van der Waals surface area contributed by atoms with Gasteiger partial charge in [0.25, 0.3) is 0 Å². The Bertz CT molecular complexity index is 295. The summed E-state index contributed by atoms with van der Waals surface area (Å²) in [5.41, 5.74) is -0.678. The highest BCUT2D eigenvalue weighted by atomic mass is 79.9. The summed E-state index contributed by atoms with van der Waals surface area (Å²) in [7, 11) is 0. The van der Waals surface area contributed by atoms with E-state index in [4.69, 9.17) is 0 Å². The Kier molecular flexibility index (Phi) is 4.06. The molecule has 2 N–H and O–H groups in total. The molecular weight excluding hydrogens is 264 g/mol. The zero-order chi connectivity index (χ0) is 10.8. The zero-order valence-corrected chi connectivity index (χ0v) is 10.9. The summed E-state index contributed by atoms with van der Waals surface area (Å²) in [6.45, 7) is 6.16. The lowest BCUT2D eigenvalue weighted by molar-refractivity contribution is 0.0770. The largest absolute Gasteiger partial charge is 0.389 e. The van der Waals surface area contributed by atoms with E-state index in [2.05, 4.69) is 26.2 Å². The molecule has 0 radical (unpaired) electrons. The van der Waals surface area contributed by atoms with E-state index in [1.807, 2.05) is 6.92 Å². The van der Waals surface area contributed by atoms with Crippen molar-refractivity contribution < 1.29 is 5.11 Å². The zero-order valence-electron chi connectivity index (χ0n) is 8.54. The van der Waals surface area contributed by atoms with Gasteiger partial charge in [0.15, 0.2) is 0 Å². The van der Waals surface area contributed by atoms with Gasteiger partial charge in [0.2, 0.25) is 0 Å².